The minimum Gasteiger partial charge on any atom is -0.456 e. The molecule has 0 saturated carbocycles. The van der Waals surface area contributed by atoms with Gasteiger partial charge in [0.2, 0.25) is 0 Å². The van der Waals surface area contributed by atoms with Crippen molar-refractivity contribution in [3.8, 4) is 0 Å². The maximum Gasteiger partial charge on any atom is 0.137 e. The SMILES string of the molecule is c1cnc2c(c1)ccc1oc3ccccc3c12. The van der Waals surface area contributed by atoms with Crippen molar-refractivity contribution < 1.29 is 4.42 Å². The van der Waals surface area contributed by atoms with E-state index < -0.39 is 0 Å². The van der Waals surface area contributed by atoms with Gasteiger partial charge in [0.15, 0.2) is 0 Å². The quantitative estimate of drug-likeness (QED) is 0.444. The van der Waals surface area contributed by atoms with Gasteiger partial charge < -0.3 is 4.42 Å². The Labute approximate surface area is 97.5 Å². The van der Waals surface area contributed by atoms with Crippen LogP contribution in [0.25, 0.3) is 32.8 Å². The highest BCUT2D eigenvalue weighted by Crippen LogP contribution is 2.32. The fourth-order valence-corrected chi connectivity index (χ4v) is 2.35. The average Bonchev–Trinajstić information content (AvgIpc) is 2.77. The normalized spacial score (nSPS) is 11.5. The lowest BCUT2D eigenvalue weighted by Gasteiger charge is -1.97. The molecule has 0 bridgehead atoms. The van der Waals surface area contributed by atoms with Gasteiger partial charge in [0, 0.05) is 17.0 Å². The van der Waals surface area contributed by atoms with Crippen LogP contribution in [-0.2, 0) is 0 Å². The Balaban J connectivity index is 2.38. The topological polar surface area (TPSA) is 26.0 Å². The van der Waals surface area contributed by atoms with Crippen molar-refractivity contribution >= 4 is 32.8 Å². The van der Waals surface area contributed by atoms with E-state index in [9.17, 15) is 0 Å². The first-order valence-corrected chi connectivity index (χ1v) is 5.58. The molecule has 2 nitrogen and oxygen atoms in total. The summed E-state index contributed by atoms with van der Waals surface area (Å²) in [5, 5.41) is 3.39. The van der Waals surface area contributed by atoms with Crippen LogP contribution in [0.15, 0.2) is 59.1 Å². The predicted octanol–water partition coefficient (Wildman–Crippen LogP) is 4.13. The molecule has 17 heavy (non-hydrogen) atoms. The second kappa shape index (κ2) is 3.08. The molecule has 4 aromatic rings. The molecule has 0 atom stereocenters. The Morgan fingerprint density at radius 2 is 1.76 bits per heavy atom. The number of aromatic nitrogens is 1. The lowest BCUT2D eigenvalue weighted by molar-refractivity contribution is 0.669. The molecule has 0 aliphatic carbocycles. The first-order chi connectivity index (χ1) is 8.43. The molecule has 2 aromatic carbocycles. The lowest BCUT2D eigenvalue weighted by Crippen LogP contribution is -1.77. The van der Waals surface area contributed by atoms with Gasteiger partial charge in [-0.15, -0.1) is 0 Å². The Kier molecular flexibility index (Phi) is 1.59. The molecule has 4 rings (SSSR count). The van der Waals surface area contributed by atoms with Crippen LogP contribution in [0.3, 0.4) is 0 Å². The van der Waals surface area contributed by atoms with E-state index in [-0.39, 0.29) is 0 Å². The van der Waals surface area contributed by atoms with Gasteiger partial charge >= 0.3 is 0 Å². The number of hydrogen-bond acceptors (Lipinski definition) is 2. The monoisotopic (exact) mass is 219 g/mol. The van der Waals surface area contributed by atoms with E-state index in [1.165, 1.54) is 0 Å². The molecule has 0 fully saturated rings. The third-order valence-electron chi connectivity index (χ3n) is 3.11. The molecule has 0 aliphatic rings. The molecule has 0 unspecified atom stereocenters. The minimum absolute atomic E-state index is 0.900. The molecule has 0 spiro atoms. The van der Waals surface area contributed by atoms with Crippen LogP contribution in [-0.4, -0.2) is 4.98 Å². The summed E-state index contributed by atoms with van der Waals surface area (Å²) in [4.78, 5) is 4.47. The maximum absolute atomic E-state index is 5.82. The number of fused-ring (bicyclic) bond motifs is 5. The van der Waals surface area contributed by atoms with E-state index in [1.807, 2.05) is 42.6 Å². The van der Waals surface area contributed by atoms with E-state index in [1.54, 1.807) is 0 Å². The van der Waals surface area contributed by atoms with Crippen molar-refractivity contribution in [2.24, 2.45) is 0 Å². The zero-order chi connectivity index (χ0) is 11.2. The fourth-order valence-electron chi connectivity index (χ4n) is 2.35. The number of rotatable bonds is 0. The summed E-state index contributed by atoms with van der Waals surface area (Å²) < 4.78 is 5.82. The second-order valence-electron chi connectivity index (χ2n) is 4.11. The van der Waals surface area contributed by atoms with Crippen LogP contribution in [0.2, 0.25) is 0 Å². The molecule has 0 N–H and O–H groups in total. The third-order valence-corrected chi connectivity index (χ3v) is 3.11. The summed E-state index contributed by atoms with van der Waals surface area (Å²) >= 11 is 0. The predicted molar refractivity (Wildman–Crippen MR) is 69.0 cm³/mol. The number of pyridine rings is 1. The van der Waals surface area contributed by atoms with Gasteiger partial charge in [-0.1, -0.05) is 24.3 Å². The van der Waals surface area contributed by atoms with Crippen molar-refractivity contribution in [1.82, 2.24) is 4.98 Å². The summed E-state index contributed by atoms with van der Waals surface area (Å²) in [6, 6.07) is 16.2. The van der Waals surface area contributed by atoms with Crippen LogP contribution in [0.1, 0.15) is 0 Å². The molecular formula is C15H9NO. The van der Waals surface area contributed by atoms with Crippen LogP contribution < -0.4 is 0 Å². The lowest BCUT2D eigenvalue weighted by atomic mass is 10.1. The van der Waals surface area contributed by atoms with Gasteiger partial charge in [-0.25, -0.2) is 0 Å². The minimum atomic E-state index is 0.900. The first kappa shape index (κ1) is 8.76. The van der Waals surface area contributed by atoms with Crippen LogP contribution >= 0.6 is 0 Å². The summed E-state index contributed by atoms with van der Waals surface area (Å²) in [6.07, 6.45) is 1.82. The van der Waals surface area contributed by atoms with E-state index in [4.69, 9.17) is 4.42 Å². The number of para-hydroxylation sites is 1. The molecule has 0 saturated heterocycles. The van der Waals surface area contributed by atoms with Gasteiger partial charge in [0.25, 0.3) is 0 Å². The van der Waals surface area contributed by atoms with Crippen LogP contribution in [0.5, 0.6) is 0 Å². The highest BCUT2D eigenvalue weighted by Gasteiger charge is 2.09. The van der Waals surface area contributed by atoms with Crippen molar-refractivity contribution in [3.05, 3.63) is 54.7 Å². The third kappa shape index (κ3) is 1.12. The zero-order valence-electron chi connectivity index (χ0n) is 9.05. The number of nitrogens with zero attached hydrogens (tertiary/aromatic N) is 1. The van der Waals surface area contributed by atoms with Crippen molar-refractivity contribution in [2.75, 3.05) is 0 Å². The van der Waals surface area contributed by atoms with Gasteiger partial charge in [-0.05, 0) is 24.3 Å². The van der Waals surface area contributed by atoms with Gasteiger partial charge in [0.05, 0.1) is 10.9 Å². The molecule has 2 heteroatoms. The highest BCUT2D eigenvalue weighted by atomic mass is 16.3. The number of furan rings is 1. The van der Waals surface area contributed by atoms with E-state index in [2.05, 4.69) is 17.1 Å². The molecule has 2 heterocycles. The molecule has 0 radical (unpaired) electrons. The van der Waals surface area contributed by atoms with Crippen LogP contribution in [0, 0.1) is 0 Å². The fraction of sp³-hybridized carbons (Fsp3) is 0. The Morgan fingerprint density at radius 1 is 0.824 bits per heavy atom. The molecular weight excluding hydrogens is 210 g/mol. The average molecular weight is 219 g/mol. The first-order valence-electron chi connectivity index (χ1n) is 5.58. The molecule has 80 valence electrons. The van der Waals surface area contributed by atoms with Gasteiger partial charge in [0.1, 0.15) is 11.2 Å². The van der Waals surface area contributed by atoms with Gasteiger partial charge in [-0.2, -0.15) is 0 Å². The van der Waals surface area contributed by atoms with E-state index >= 15 is 0 Å². The maximum atomic E-state index is 5.82. The number of benzene rings is 2. The molecule has 0 amide bonds. The largest absolute Gasteiger partial charge is 0.456 e. The van der Waals surface area contributed by atoms with Gasteiger partial charge in [-0.3, -0.25) is 4.98 Å². The second-order valence-corrected chi connectivity index (χ2v) is 4.11. The summed E-state index contributed by atoms with van der Waals surface area (Å²) in [5.74, 6) is 0. The Bertz CT molecular complexity index is 839. The molecule has 2 aromatic heterocycles. The van der Waals surface area contributed by atoms with E-state index in [0.717, 1.165) is 32.8 Å². The smallest absolute Gasteiger partial charge is 0.137 e. The van der Waals surface area contributed by atoms with Crippen molar-refractivity contribution in [1.29, 1.82) is 0 Å². The summed E-state index contributed by atoms with van der Waals surface area (Å²) in [7, 11) is 0. The van der Waals surface area contributed by atoms with Crippen LogP contribution in [0.4, 0.5) is 0 Å². The van der Waals surface area contributed by atoms with Crippen molar-refractivity contribution in [3.63, 3.8) is 0 Å². The summed E-state index contributed by atoms with van der Waals surface area (Å²) in [6.45, 7) is 0. The van der Waals surface area contributed by atoms with Crippen molar-refractivity contribution in [2.45, 2.75) is 0 Å². The zero-order valence-corrected chi connectivity index (χ0v) is 9.05. The number of hydrogen-bond donors (Lipinski definition) is 0. The highest BCUT2D eigenvalue weighted by molar-refractivity contribution is 6.17. The van der Waals surface area contributed by atoms with E-state index in [0.29, 0.717) is 0 Å². The Morgan fingerprint density at radius 3 is 2.76 bits per heavy atom. The molecule has 0 aliphatic heterocycles. The standard InChI is InChI=1S/C15H9NO/c1-2-6-12-11(5-1)14-13(17-12)8-7-10-4-3-9-16-15(10)14/h1-9H. The Hall–Kier alpha value is -2.35. The summed E-state index contributed by atoms with van der Waals surface area (Å²) in [5.41, 5.74) is 2.83.